The number of carbonyl (C=O) groups is 1. The predicted octanol–water partition coefficient (Wildman–Crippen LogP) is 2.30. The summed E-state index contributed by atoms with van der Waals surface area (Å²) in [4.78, 5) is 28.5. The number of hydrogen-bond donors (Lipinski definition) is 0. The summed E-state index contributed by atoms with van der Waals surface area (Å²) >= 11 is 0. The van der Waals surface area contributed by atoms with Crippen molar-refractivity contribution in [2.24, 2.45) is 0 Å². The van der Waals surface area contributed by atoms with E-state index in [9.17, 15) is 9.59 Å². The van der Waals surface area contributed by atoms with E-state index in [0.717, 1.165) is 11.1 Å². The molecule has 3 rings (SSSR count). The van der Waals surface area contributed by atoms with Gasteiger partial charge in [0.15, 0.2) is 0 Å². The fourth-order valence-corrected chi connectivity index (χ4v) is 2.54. The highest BCUT2D eigenvalue weighted by molar-refractivity contribution is 5.73. The van der Waals surface area contributed by atoms with Crippen LogP contribution in [0.3, 0.4) is 0 Å². The van der Waals surface area contributed by atoms with E-state index in [4.69, 9.17) is 9.47 Å². The molecule has 128 valence electrons. The van der Waals surface area contributed by atoms with E-state index >= 15 is 0 Å². The van der Waals surface area contributed by atoms with Gasteiger partial charge in [-0.1, -0.05) is 24.3 Å². The number of nitrogens with zero attached hydrogens (tertiary/aromatic N) is 2. The van der Waals surface area contributed by atoms with Crippen LogP contribution in [0.4, 0.5) is 0 Å². The van der Waals surface area contributed by atoms with Crippen molar-refractivity contribution in [3.8, 4) is 5.75 Å². The number of esters is 1. The van der Waals surface area contributed by atoms with E-state index in [2.05, 4.69) is 4.98 Å². The van der Waals surface area contributed by atoms with Gasteiger partial charge in [0.2, 0.25) is 0 Å². The second-order valence-electron chi connectivity index (χ2n) is 5.67. The fourth-order valence-electron chi connectivity index (χ4n) is 2.54. The van der Waals surface area contributed by atoms with Crippen LogP contribution in [0, 0.1) is 6.92 Å². The zero-order valence-corrected chi connectivity index (χ0v) is 14.1. The lowest BCUT2D eigenvalue weighted by atomic mass is 10.1. The summed E-state index contributed by atoms with van der Waals surface area (Å²) < 4.78 is 11.9. The van der Waals surface area contributed by atoms with E-state index in [0.29, 0.717) is 17.1 Å². The normalized spacial score (nSPS) is 10.6. The van der Waals surface area contributed by atoms with Gasteiger partial charge in [0.05, 0.1) is 19.2 Å². The monoisotopic (exact) mass is 338 g/mol. The Morgan fingerprint density at radius 1 is 1.20 bits per heavy atom. The van der Waals surface area contributed by atoms with Gasteiger partial charge in [0.1, 0.15) is 18.0 Å². The molecule has 0 saturated carbocycles. The maximum Gasteiger partial charge on any atom is 0.310 e. The topological polar surface area (TPSA) is 69.9 Å². The minimum absolute atomic E-state index is 0.0480. The number of rotatable bonds is 5. The molecule has 0 saturated heterocycles. The Hall–Kier alpha value is -3.15. The molecule has 3 aromatic rings. The van der Waals surface area contributed by atoms with Crippen molar-refractivity contribution in [2.45, 2.75) is 20.0 Å². The number of aromatic nitrogens is 2. The van der Waals surface area contributed by atoms with Crippen molar-refractivity contribution < 1.29 is 14.3 Å². The van der Waals surface area contributed by atoms with E-state index in [1.807, 2.05) is 31.2 Å². The summed E-state index contributed by atoms with van der Waals surface area (Å²) in [5, 5.41) is 0. The van der Waals surface area contributed by atoms with Gasteiger partial charge in [-0.25, -0.2) is 4.98 Å². The van der Waals surface area contributed by atoms with Crippen LogP contribution in [0.1, 0.15) is 16.8 Å². The van der Waals surface area contributed by atoms with Crippen LogP contribution in [-0.4, -0.2) is 22.5 Å². The van der Waals surface area contributed by atoms with Gasteiger partial charge in [-0.2, -0.15) is 0 Å². The molecule has 2 heterocycles. The summed E-state index contributed by atoms with van der Waals surface area (Å²) in [6.07, 6.45) is 1.82. The molecule has 0 aliphatic rings. The number of carbonyl (C=O) groups excluding carboxylic acids is 1. The molecule has 0 amide bonds. The summed E-state index contributed by atoms with van der Waals surface area (Å²) in [6.45, 7) is 1.85. The van der Waals surface area contributed by atoms with Crippen LogP contribution < -0.4 is 10.3 Å². The van der Waals surface area contributed by atoms with Crippen LogP contribution in [0.2, 0.25) is 0 Å². The first-order chi connectivity index (χ1) is 12.1. The zero-order valence-electron chi connectivity index (χ0n) is 14.1. The number of methoxy groups -OCH3 is 1. The molecule has 6 heteroatoms. The number of aryl methyl sites for hydroxylation is 1. The van der Waals surface area contributed by atoms with Gasteiger partial charge in [0, 0.05) is 17.8 Å². The van der Waals surface area contributed by atoms with Gasteiger partial charge in [0.25, 0.3) is 5.56 Å². The number of para-hydroxylation sites is 1. The molecule has 1 aromatic carbocycles. The molecule has 0 radical (unpaired) electrons. The van der Waals surface area contributed by atoms with Gasteiger partial charge in [-0.3, -0.25) is 14.0 Å². The lowest BCUT2D eigenvalue weighted by Gasteiger charge is -2.09. The lowest BCUT2D eigenvalue weighted by Crippen LogP contribution is -2.17. The molecule has 0 aliphatic carbocycles. The minimum Gasteiger partial charge on any atom is -0.496 e. The maximum absolute atomic E-state index is 12.1. The first-order valence-electron chi connectivity index (χ1n) is 7.83. The number of fused-ring (bicyclic) bond motifs is 1. The molecular weight excluding hydrogens is 320 g/mol. The van der Waals surface area contributed by atoms with Gasteiger partial charge < -0.3 is 9.47 Å². The van der Waals surface area contributed by atoms with E-state index in [1.54, 1.807) is 25.4 Å². The third kappa shape index (κ3) is 3.85. The second kappa shape index (κ2) is 7.17. The molecule has 25 heavy (non-hydrogen) atoms. The highest BCUT2D eigenvalue weighted by Crippen LogP contribution is 2.18. The third-order valence-electron chi connectivity index (χ3n) is 3.77. The Morgan fingerprint density at radius 2 is 2.00 bits per heavy atom. The number of pyridine rings is 1. The van der Waals surface area contributed by atoms with Crippen molar-refractivity contribution in [3.63, 3.8) is 0 Å². The largest absolute Gasteiger partial charge is 0.496 e. The molecule has 0 unspecified atom stereocenters. The van der Waals surface area contributed by atoms with Gasteiger partial charge in [-0.15, -0.1) is 0 Å². The van der Waals surface area contributed by atoms with Gasteiger partial charge in [-0.05, 0) is 24.6 Å². The Balaban J connectivity index is 1.71. The fraction of sp³-hybridized carbons (Fsp3) is 0.211. The first kappa shape index (κ1) is 16.7. The van der Waals surface area contributed by atoms with Crippen LogP contribution >= 0.6 is 0 Å². The first-order valence-corrected chi connectivity index (χ1v) is 7.83. The van der Waals surface area contributed by atoms with Crippen LogP contribution in [-0.2, 0) is 22.6 Å². The third-order valence-corrected chi connectivity index (χ3v) is 3.77. The summed E-state index contributed by atoms with van der Waals surface area (Å²) in [7, 11) is 1.55. The molecule has 0 aliphatic heterocycles. The lowest BCUT2D eigenvalue weighted by molar-refractivity contribution is -0.144. The number of benzene rings is 1. The van der Waals surface area contributed by atoms with Crippen LogP contribution in [0.5, 0.6) is 5.75 Å². The number of ether oxygens (including phenoxy) is 2. The van der Waals surface area contributed by atoms with Crippen molar-refractivity contribution in [1.29, 1.82) is 0 Å². The standard InChI is InChI=1S/C19H18N2O4/c1-13-7-8-17-20-15(10-18(22)21(17)11-13)12-25-19(23)9-14-5-3-4-6-16(14)24-2/h3-8,10-11H,9,12H2,1-2H3. The molecular formula is C19H18N2O4. The molecule has 6 nitrogen and oxygen atoms in total. The van der Waals surface area contributed by atoms with Crippen molar-refractivity contribution in [1.82, 2.24) is 9.38 Å². The minimum atomic E-state index is -0.407. The summed E-state index contributed by atoms with van der Waals surface area (Å²) in [5.41, 5.74) is 2.45. The van der Waals surface area contributed by atoms with Gasteiger partial charge >= 0.3 is 5.97 Å². The Bertz CT molecular complexity index is 979. The predicted molar refractivity (Wildman–Crippen MR) is 92.7 cm³/mol. The highest BCUT2D eigenvalue weighted by Gasteiger charge is 2.11. The van der Waals surface area contributed by atoms with Crippen molar-refractivity contribution in [2.75, 3.05) is 7.11 Å². The van der Waals surface area contributed by atoms with Crippen LogP contribution in [0.15, 0.2) is 53.5 Å². The summed E-state index contributed by atoms with van der Waals surface area (Å²) in [5.74, 6) is 0.229. The SMILES string of the molecule is COc1ccccc1CC(=O)OCc1cc(=O)n2cc(C)ccc2n1. The number of hydrogen-bond acceptors (Lipinski definition) is 5. The Morgan fingerprint density at radius 3 is 2.80 bits per heavy atom. The second-order valence-corrected chi connectivity index (χ2v) is 5.67. The molecule has 0 spiro atoms. The molecule has 2 aromatic heterocycles. The zero-order chi connectivity index (χ0) is 17.8. The quantitative estimate of drug-likeness (QED) is 0.668. The van der Waals surface area contributed by atoms with E-state index in [1.165, 1.54) is 10.5 Å². The Labute approximate surface area is 144 Å². The average Bonchev–Trinajstić information content (AvgIpc) is 2.61. The Kier molecular flexibility index (Phi) is 4.79. The van der Waals surface area contributed by atoms with Crippen molar-refractivity contribution in [3.05, 3.63) is 75.8 Å². The maximum atomic E-state index is 12.1. The van der Waals surface area contributed by atoms with E-state index < -0.39 is 5.97 Å². The van der Waals surface area contributed by atoms with E-state index in [-0.39, 0.29) is 18.6 Å². The summed E-state index contributed by atoms with van der Waals surface area (Å²) in [6, 6.07) is 12.3. The van der Waals surface area contributed by atoms with Crippen molar-refractivity contribution >= 4 is 11.6 Å². The average molecular weight is 338 g/mol. The highest BCUT2D eigenvalue weighted by atomic mass is 16.5. The molecule has 0 N–H and O–H groups in total. The smallest absolute Gasteiger partial charge is 0.310 e. The molecule has 0 atom stereocenters. The molecule has 0 bridgehead atoms. The molecule has 0 fully saturated rings. The van der Waals surface area contributed by atoms with Crippen LogP contribution in [0.25, 0.3) is 5.65 Å².